The van der Waals surface area contributed by atoms with E-state index >= 15 is 0 Å². The van der Waals surface area contributed by atoms with Gasteiger partial charge in [0.2, 0.25) is 0 Å². The van der Waals surface area contributed by atoms with Gasteiger partial charge >= 0.3 is 0 Å². The Morgan fingerprint density at radius 3 is 1.07 bits per heavy atom. The molecule has 0 fully saturated rings. The van der Waals surface area contributed by atoms with Gasteiger partial charge in [-0.1, -0.05) is 176 Å². The Morgan fingerprint density at radius 2 is 0.565 bits per heavy atom. The molecule has 0 amide bonds. The molecule has 0 aliphatic rings. The van der Waals surface area contributed by atoms with Crippen molar-refractivity contribution in [2.75, 3.05) is 0 Å². The Kier molecular flexibility index (Phi) is 8.90. The number of aromatic nitrogens is 3. The first-order valence-electron chi connectivity index (χ1n) is 23.8. The van der Waals surface area contributed by atoms with E-state index in [4.69, 9.17) is 0 Å². The molecule has 69 heavy (non-hydrogen) atoms. The van der Waals surface area contributed by atoms with Crippen molar-refractivity contribution in [2.45, 2.75) is 0 Å². The molecular weight excluding hydrogens is 835 g/mol. The fourth-order valence-electron chi connectivity index (χ4n) is 11.2. The van der Waals surface area contributed by atoms with E-state index in [2.05, 4.69) is 275 Å². The normalized spacial score (nSPS) is 11.8. The maximum atomic E-state index is 2.46. The molecule has 0 bridgehead atoms. The molecule has 322 valence electrons. The van der Waals surface area contributed by atoms with Crippen LogP contribution in [-0.4, -0.2) is 13.7 Å². The van der Waals surface area contributed by atoms with Crippen LogP contribution in [0.1, 0.15) is 0 Å². The Morgan fingerprint density at radius 1 is 0.188 bits per heavy atom. The fourth-order valence-corrected chi connectivity index (χ4v) is 11.2. The van der Waals surface area contributed by atoms with Crippen LogP contribution in [0.5, 0.6) is 0 Å². The minimum atomic E-state index is 1.12. The summed E-state index contributed by atoms with van der Waals surface area (Å²) in [7, 11) is 0. The number of nitrogens with zero attached hydrogens (tertiary/aromatic N) is 3. The lowest BCUT2D eigenvalue weighted by Gasteiger charge is -2.20. The second kappa shape index (κ2) is 15.7. The maximum Gasteiger partial charge on any atom is 0.0562 e. The predicted molar refractivity (Wildman–Crippen MR) is 291 cm³/mol. The predicted octanol–water partition coefficient (Wildman–Crippen LogP) is 17.6. The first-order valence-corrected chi connectivity index (χ1v) is 23.8. The summed E-state index contributed by atoms with van der Waals surface area (Å²) in [5, 5.41) is 7.51. The van der Waals surface area contributed by atoms with Crippen LogP contribution in [0, 0.1) is 0 Å². The molecule has 0 aliphatic carbocycles. The van der Waals surface area contributed by atoms with E-state index in [0.717, 1.165) is 28.2 Å². The zero-order chi connectivity index (χ0) is 45.4. The first kappa shape index (κ1) is 39.0. The summed E-state index contributed by atoms with van der Waals surface area (Å²) in [6, 6.07) is 95.6. The van der Waals surface area contributed by atoms with Crippen LogP contribution in [0.25, 0.3) is 127 Å². The Hall–Kier alpha value is -9.18. The molecular formula is C66H43N3. The third-order valence-corrected chi connectivity index (χ3v) is 14.2. The number of hydrogen-bond acceptors (Lipinski definition) is 0. The number of benzene rings is 11. The molecule has 11 aromatic carbocycles. The molecule has 0 radical (unpaired) electrons. The highest BCUT2D eigenvalue weighted by Gasteiger charge is 2.21. The summed E-state index contributed by atoms with van der Waals surface area (Å²) in [6.45, 7) is 0. The van der Waals surface area contributed by atoms with Gasteiger partial charge in [-0.15, -0.1) is 0 Å². The molecule has 0 atom stereocenters. The summed E-state index contributed by atoms with van der Waals surface area (Å²) >= 11 is 0. The van der Waals surface area contributed by atoms with Gasteiger partial charge in [0, 0.05) is 49.4 Å². The number of hydrogen-bond donors (Lipinski definition) is 0. The van der Waals surface area contributed by atoms with Crippen LogP contribution >= 0.6 is 0 Å². The van der Waals surface area contributed by atoms with Crippen molar-refractivity contribution in [3.8, 4) is 61.6 Å². The van der Waals surface area contributed by atoms with Crippen LogP contribution in [0.2, 0.25) is 0 Å². The quantitative estimate of drug-likeness (QED) is 0.152. The molecule has 14 rings (SSSR count). The van der Waals surface area contributed by atoms with Gasteiger partial charge in [0.25, 0.3) is 0 Å². The van der Waals surface area contributed by atoms with Crippen LogP contribution in [0.4, 0.5) is 0 Å². The monoisotopic (exact) mass is 877 g/mol. The molecule has 0 N–H and O–H groups in total. The lowest BCUT2D eigenvalue weighted by Crippen LogP contribution is -1.97. The van der Waals surface area contributed by atoms with Gasteiger partial charge in [-0.25, -0.2) is 0 Å². The molecule has 0 saturated carbocycles. The van der Waals surface area contributed by atoms with Crippen molar-refractivity contribution >= 4 is 65.4 Å². The molecule has 3 heterocycles. The highest BCUT2D eigenvalue weighted by Crippen LogP contribution is 2.45. The molecule has 3 nitrogen and oxygen atoms in total. The third kappa shape index (κ3) is 6.21. The minimum absolute atomic E-state index is 1.12. The third-order valence-electron chi connectivity index (χ3n) is 14.2. The van der Waals surface area contributed by atoms with Gasteiger partial charge in [-0.2, -0.15) is 0 Å². The molecule has 3 aromatic heterocycles. The van der Waals surface area contributed by atoms with Gasteiger partial charge in [0.15, 0.2) is 0 Å². The van der Waals surface area contributed by atoms with E-state index in [0.29, 0.717) is 0 Å². The van der Waals surface area contributed by atoms with Crippen molar-refractivity contribution in [2.24, 2.45) is 0 Å². The largest absolute Gasteiger partial charge is 0.309 e. The molecule has 0 spiro atoms. The topological polar surface area (TPSA) is 14.8 Å². The molecule has 0 aliphatic heterocycles. The van der Waals surface area contributed by atoms with Crippen molar-refractivity contribution < 1.29 is 0 Å². The van der Waals surface area contributed by atoms with Gasteiger partial charge in [0.05, 0.1) is 33.1 Å². The van der Waals surface area contributed by atoms with Gasteiger partial charge in [-0.05, 0) is 129 Å². The standard InChI is InChI=1S/C66H43N3/c1-4-19-44(20-5-1)56-40-48(41-57(45-21-6-2-7-22-45)66(56)46-35-37-50(38-36-46)67-60-31-14-10-27-52(60)53-28-11-15-32-61(53)67)47-23-18-26-51(39-47)69-63-34-17-13-30-55(63)59-42-58-54-29-12-16-33-62(54)68(64(58)43-65(59)69)49-24-8-3-9-25-49/h1-43H. The fraction of sp³-hybridized carbons (Fsp3) is 0. The van der Waals surface area contributed by atoms with Crippen molar-refractivity contribution in [1.29, 1.82) is 0 Å². The van der Waals surface area contributed by atoms with E-state index in [1.54, 1.807) is 0 Å². The molecule has 3 heteroatoms. The van der Waals surface area contributed by atoms with E-state index in [9.17, 15) is 0 Å². The molecule has 0 unspecified atom stereocenters. The SMILES string of the molecule is c1ccc(-c2cc(-c3cccc(-n4c5ccccc5c5cc6c7ccccc7n(-c7ccccc7)c6cc54)c3)cc(-c3ccccc3)c2-c2ccc(-n3c4ccccc4c4ccccc43)cc2)cc1. The molecule has 0 saturated heterocycles. The zero-order valence-electron chi connectivity index (χ0n) is 37.7. The Balaban J connectivity index is 0.970. The highest BCUT2D eigenvalue weighted by atomic mass is 15.0. The summed E-state index contributed by atoms with van der Waals surface area (Å²) in [6.07, 6.45) is 0. The van der Waals surface area contributed by atoms with E-state index in [1.807, 2.05) is 0 Å². The zero-order valence-corrected chi connectivity index (χ0v) is 37.7. The van der Waals surface area contributed by atoms with Crippen LogP contribution in [0.3, 0.4) is 0 Å². The van der Waals surface area contributed by atoms with E-state index in [-0.39, 0.29) is 0 Å². The van der Waals surface area contributed by atoms with Crippen molar-refractivity contribution in [3.63, 3.8) is 0 Å². The highest BCUT2D eigenvalue weighted by molar-refractivity contribution is 6.19. The summed E-state index contributed by atoms with van der Waals surface area (Å²) in [5.74, 6) is 0. The van der Waals surface area contributed by atoms with Crippen LogP contribution < -0.4 is 0 Å². The average Bonchev–Trinajstić information content (AvgIpc) is 4.06. The lowest BCUT2D eigenvalue weighted by atomic mass is 9.84. The maximum absolute atomic E-state index is 2.46. The minimum Gasteiger partial charge on any atom is -0.309 e. The number of para-hydroxylation sites is 5. The smallest absolute Gasteiger partial charge is 0.0562 e. The average molecular weight is 878 g/mol. The molecule has 14 aromatic rings. The van der Waals surface area contributed by atoms with Gasteiger partial charge < -0.3 is 13.7 Å². The number of fused-ring (bicyclic) bond motifs is 9. The van der Waals surface area contributed by atoms with Crippen molar-refractivity contribution in [3.05, 3.63) is 261 Å². The van der Waals surface area contributed by atoms with Gasteiger partial charge in [0.1, 0.15) is 0 Å². The van der Waals surface area contributed by atoms with Crippen LogP contribution in [-0.2, 0) is 0 Å². The second-order valence-electron chi connectivity index (χ2n) is 18.1. The van der Waals surface area contributed by atoms with Crippen LogP contribution in [0.15, 0.2) is 261 Å². The number of rotatable bonds is 7. The summed E-state index contributed by atoms with van der Waals surface area (Å²) < 4.78 is 7.27. The summed E-state index contributed by atoms with van der Waals surface area (Å²) in [5.41, 5.74) is 20.0. The van der Waals surface area contributed by atoms with E-state index < -0.39 is 0 Å². The van der Waals surface area contributed by atoms with E-state index in [1.165, 1.54) is 98.8 Å². The Labute approximate surface area is 399 Å². The van der Waals surface area contributed by atoms with Crippen molar-refractivity contribution in [1.82, 2.24) is 13.7 Å². The lowest BCUT2D eigenvalue weighted by molar-refractivity contribution is 1.16. The summed E-state index contributed by atoms with van der Waals surface area (Å²) in [4.78, 5) is 0. The Bertz CT molecular complexity index is 4150. The first-order chi connectivity index (χ1) is 34.2. The second-order valence-corrected chi connectivity index (χ2v) is 18.1. The van der Waals surface area contributed by atoms with Gasteiger partial charge in [-0.3, -0.25) is 0 Å².